The quantitative estimate of drug-likeness (QED) is 0.496. The predicted octanol–water partition coefficient (Wildman–Crippen LogP) is 4.55. The molecule has 1 unspecified atom stereocenters. The second-order valence-corrected chi connectivity index (χ2v) is 7.03. The molecule has 3 aromatic rings. The van der Waals surface area contributed by atoms with Crippen molar-refractivity contribution in [3.63, 3.8) is 0 Å². The summed E-state index contributed by atoms with van der Waals surface area (Å²) >= 11 is 6.12. The summed E-state index contributed by atoms with van der Waals surface area (Å²) in [6.07, 6.45) is 0.0161. The number of urea groups is 1. The molecule has 0 radical (unpaired) electrons. The molecule has 0 saturated heterocycles. The van der Waals surface area contributed by atoms with Gasteiger partial charge in [-0.05, 0) is 41.5 Å². The van der Waals surface area contributed by atoms with Gasteiger partial charge in [0.15, 0.2) is 0 Å². The second-order valence-electron chi connectivity index (χ2n) is 6.62. The number of benzene rings is 3. The molecule has 0 spiro atoms. The predicted molar refractivity (Wildman–Crippen MR) is 116 cm³/mol. The topological polar surface area (TPSA) is 93.5 Å². The maximum Gasteiger partial charge on any atom is 0.312 e. The molecule has 0 saturated carbocycles. The summed E-state index contributed by atoms with van der Waals surface area (Å²) in [4.78, 5) is 24.0. The monoisotopic (exact) mass is 423 g/mol. The highest BCUT2D eigenvalue weighted by Gasteiger charge is 2.18. The largest absolute Gasteiger partial charge is 0.457 e. The van der Waals surface area contributed by atoms with E-state index in [4.69, 9.17) is 22.1 Å². The molecular weight excluding hydrogens is 402 g/mol. The Morgan fingerprint density at radius 2 is 1.63 bits per heavy atom. The number of primary amides is 1. The highest BCUT2D eigenvalue weighted by Crippen LogP contribution is 2.26. The molecule has 30 heavy (non-hydrogen) atoms. The lowest BCUT2D eigenvalue weighted by atomic mass is 10.0. The molecule has 3 aromatic carbocycles. The molecule has 1 atom stereocenters. The maximum absolute atomic E-state index is 12.5. The second kappa shape index (κ2) is 10.3. The van der Waals surface area contributed by atoms with E-state index in [1.54, 1.807) is 30.3 Å². The fourth-order valence-electron chi connectivity index (χ4n) is 2.94. The van der Waals surface area contributed by atoms with E-state index < -0.39 is 12.1 Å². The molecule has 0 aliphatic rings. The molecule has 0 aliphatic heterocycles. The number of nitrogens with one attached hydrogen (secondary N) is 2. The fraction of sp³-hybridized carbons (Fsp3) is 0.130. The molecule has 0 heterocycles. The summed E-state index contributed by atoms with van der Waals surface area (Å²) in [5, 5.41) is 6.02. The van der Waals surface area contributed by atoms with E-state index in [0.29, 0.717) is 28.6 Å². The average molecular weight is 424 g/mol. The molecule has 3 rings (SSSR count). The van der Waals surface area contributed by atoms with Crippen LogP contribution in [0.2, 0.25) is 5.02 Å². The molecule has 0 fully saturated rings. The Labute approximate surface area is 180 Å². The Kier molecular flexibility index (Phi) is 7.29. The Morgan fingerprint density at radius 3 is 2.37 bits per heavy atom. The van der Waals surface area contributed by atoms with Crippen molar-refractivity contribution in [3.8, 4) is 11.5 Å². The lowest BCUT2D eigenvalue weighted by molar-refractivity contribution is -0.121. The minimum Gasteiger partial charge on any atom is -0.457 e. The highest BCUT2D eigenvalue weighted by molar-refractivity contribution is 6.31. The van der Waals surface area contributed by atoms with Crippen LogP contribution in [0.15, 0.2) is 78.9 Å². The van der Waals surface area contributed by atoms with Gasteiger partial charge in [-0.15, -0.1) is 0 Å². The number of halogens is 1. The summed E-state index contributed by atoms with van der Waals surface area (Å²) in [5.41, 5.74) is 6.84. The van der Waals surface area contributed by atoms with E-state index in [9.17, 15) is 9.59 Å². The van der Waals surface area contributed by atoms with E-state index in [0.717, 1.165) is 5.56 Å². The first kappa shape index (κ1) is 21.2. The zero-order valence-corrected chi connectivity index (χ0v) is 16.9. The van der Waals surface area contributed by atoms with Crippen molar-refractivity contribution >= 4 is 23.5 Å². The van der Waals surface area contributed by atoms with Crippen molar-refractivity contribution < 1.29 is 14.3 Å². The van der Waals surface area contributed by atoms with Crippen LogP contribution in [0.5, 0.6) is 11.5 Å². The van der Waals surface area contributed by atoms with Gasteiger partial charge >= 0.3 is 6.03 Å². The van der Waals surface area contributed by atoms with Crippen LogP contribution in [-0.2, 0) is 11.3 Å². The minimum absolute atomic E-state index is 0.0161. The summed E-state index contributed by atoms with van der Waals surface area (Å²) in [5.74, 6) is 1.03. The van der Waals surface area contributed by atoms with Gasteiger partial charge in [-0.1, -0.05) is 60.1 Å². The summed E-state index contributed by atoms with van der Waals surface area (Å²) in [6, 6.07) is 22.5. The first-order chi connectivity index (χ1) is 14.5. The number of carbonyl (C=O) groups is 2. The van der Waals surface area contributed by atoms with Gasteiger partial charge in [0, 0.05) is 11.6 Å². The van der Waals surface area contributed by atoms with Crippen molar-refractivity contribution in [3.05, 3.63) is 95.0 Å². The lowest BCUT2D eigenvalue weighted by Crippen LogP contribution is -2.36. The average Bonchev–Trinajstić information content (AvgIpc) is 2.73. The summed E-state index contributed by atoms with van der Waals surface area (Å²) in [6.45, 7) is 0.291. The molecular formula is C23H22ClN3O3. The van der Waals surface area contributed by atoms with E-state index in [1.807, 2.05) is 48.5 Å². The molecule has 4 N–H and O–H groups in total. The van der Waals surface area contributed by atoms with Crippen LogP contribution in [0.3, 0.4) is 0 Å². The Bertz CT molecular complexity index is 1010. The molecule has 154 valence electrons. The third kappa shape index (κ3) is 6.25. The van der Waals surface area contributed by atoms with Crippen LogP contribution < -0.4 is 21.1 Å². The van der Waals surface area contributed by atoms with Crippen LogP contribution in [0.1, 0.15) is 23.6 Å². The van der Waals surface area contributed by atoms with Gasteiger partial charge in [0.25, 0.3) is 0 Å². The van der Waals surface area contributed by atoms with Gasteiger partial charge in [-0.2, -0.15) is 0 Å². The van der Waals surface area contributed by atoms with Crippen LogP contribution in [0, 0.1) is 0 Å². The number of nitrogens with two attached hydrogens (primary N) is 1. The molecule has 0 aromatic heterocycles. The van der Waals surface area contributed by atoms with Crippen LogP contribution in [-0.4, -0.2) is 11.9 Å². The zero-order chi connectivity index (χ0) is 21.3. The normalized spacial score (nSPS) is 11.4. The van der Waals surface area contributed by atoms with Crippen LogP contribution in [0.25, 0.3) is 0 Å². The van der Waals surface area contributed by atoms with Gasteiger partial charge < -0.3 is 21.1 Å². The fourth-order valence-corrected chi connectivity index (χ4v) is 3.14. The number of ether oxygens (including phenoxy) is 1. The number of carbonyl (C=O) groups excluding carboxylic acids is 2. The van der Waals surface area contributed by atoms with Crippen molar-refractivity contribution in [2.75, 3.05) is 0 Å². The Hall–Kier alpha value is -3.51. The van der Waals surface area contributed by atoms with E-state index in [-0.39, 0.29) is 12.3 Å². The molecule has 0 aliphatic carbocycles. The summed E-state index contributed by atoms with van der Waals surface area (Å²) < 4.78 is 5.84. The van der Waals surface area contributed by atoms with Gasteiger partial charge in [-0.3, -0.25) is 4.79 Å². The Morgan fingerprint density at radius 1 is 0.933 bits per heavy atom. The third-order valence-electron chi connectivity index (χ3n) is 4.38. The van der Waals surface area contributed by atoms with Crippen molar-refractivity contribution in [1.82, 2.24) is 10.6 Å². The lowest BCUT2D eigenvalue weighted by Gasteiger charge is -2.19. The maximum atomic E-state index is 12.5. The van der Waals surface area contributed by atoms with Crippen LogP contribution in [0.4, 0.5) is 4.79 Å². The SMILES string of the molecule is NC(=O)NC(CC(=O)NCc1ccccc1Cl)c1cccc(Oc2ccccc2)c1. The van der Waals surface area contributed by atoms with E-state index in [2.05, 4.69) is 10.6 Å². The number of hydrogen-bond acceptors (Lipinski definition) is 3. The van der Waals surface area contributed by atoms with Crippen molar-refractivity contribution in [2.45, 2.75) is 19.0 Å². The summed E-state index contributed by atoms with van der Waals surface area (Å²) in [7, 11) is 0. The number of para-hydroxylation sites is 1. The first-order valence-electron chi connectivity index (χ1n) is 9.40. The highest BCUT2D eigenvalue weighted by atomic mass is 35.5. The molecule has 7 heteroatoms. The van der Waals surface area contributed by atoms with E-state index >= 15 is 0 Å². The standard InChI is InChI=1S/C23H22ClN3O3/c24-20-12-5-4-7-17(20)15-26-22(28)14-21(27-23(25)29)16-8-6-11-19(13-16)30-18-9-2-1-3-10-18/h1-13,21H,14-15H2,(H,26,28)(H3,25,27,29). The Balaban J connectivity index is 1.69. The van der Waals surface area contributed by atoms with Gasteiger partial charge in [0.05, 0.1) is 12.5 Å². The van der Waals surface area contributed by atoms with Gasteiger partial charge in [0.2, 0.25) is 5.91 Å². The number of hydrogen-bond donors (Lipinski definition) is 3. The molecule has 6 nitrogen and oxygen atoms in total. The zero-order valence-electron chi connectivity index (χ0n) is 16.2. The van der Waals surface area contributed by atoms with Crippen LogP contribution >= 0.6 is 11.6 Å². The molecule has 3 amide bonds. The van der Waals surface area contributed by atoms with Gasteiger partial charge in [0.1, 0.15) is 11.5 Å². The van der Waals surface area contributed by atoms with Crippen molar-refractivity contribution in [1.29, 1.82) is 0 Å². The number of amides is 3. The molecule has 0 bridgehead atoms. The minimum atomic E-state index is -0.715. The number of rotatable bonds is 8. The van der Waals surface area contributed by atoms with Gasteiger partial charge in [-0.25, -0.2) is 4.79 Å². The van der Waals surface area contributed by atoms with E-state index in [1.165, 1.54) is 0 Å². The smallest absolute Gasteiger partial charge is 0.312 e. The van der Waals surface area contributed by atoms with Crippen molar-refractivity contribution in [2.24, 2.45) is 5.73 Å². The third-order valence-corrected chi connectivity index (χ3v) is 4.75. The first-order valence-corrected chi connectivity index (χ1v) is 9.78.